The predicted octanol–water partition coefficient (Wildman–Crippen LogP) is 12.7. The van der Waals surface area contributed by atoms with Crippen LogP contribution in [-0.4, -0.2) is 0 Å². The second-order valence-corrected chi connectivity index (χ2v) is 15.0. The van der Waals surface area contributed by atoms with E-state index in [1.807, 2.05) is 23.5 Å². The lowest BCUT2D eigenvalue weighted by molar-refractivity contribution is 0.591. The highest BCUT2D eigenvalue weighted by molar-refractivity contribution is 7.27. The summed E-state index contributed by atoms with van der Waals surface area (Å²) in [6.45, 7) is 22.0. The topological polar surface area (TPSA) is 13.1 Å². The van der Waals surface area contributed by atoms with Gasteiger partial charge in [-0.1, -0.05) is 79.0 Å². The van der Waals surface area contributed by atoms with E-state index in [-0.39, 0.29) is 10.8 Å². The number of benzene rings is 6. The van der Waals surface area contributed by atoms with Crippen molar-refractivity contribution in [2.75, 3.05) is 0 Å². The predicted molar refractivity (Wildman–Crippen MR) is 188 cm³/mol. The second kappa shape index (κ2) is 8.24. The molecule has 0 unspecified atom stereocenters. The Labute approximate surface area is 250 Å². The summed E-state index contributed by atoms with van der Waals surface area (Å²) in [4.78, 5) is 0. The summed E-state index contributed by atoms with van der Waals surface area (Å²) in [5.74, 6) is 0. The van der Waals surface area contributed by atoms with Crippen LogP contribution in [-0.2, 0) is 10.8 Å². The summed E-state index contributed by atoms with van der Waals surface area (Å²) in [7, 11) is 0. The first-order chi connectivity index (χ1) is 20.0. The molecule has 0 bridgehead atoms. The maximum absolute atomic E-state index is 6.82. The first-order valence-electron chi connectivity index (χ1n) is 14.7. The zero-order valence-electron chi connectivity index (χ0n) is 25.2. The molecule has 2 aromatic heterocycles. The molecule has 0 fully saturated rings. The first kappa shape index (κ1) is 25.6. The van der Waals surface area contributed by atoms with E-state index in [1.165, 1.54) is 69.0 Å². The van der Waals surface area contributed by atoms with Crippen LogP contribution >= 0.6 is 11.3 Å². The molecule has 2 heterocycles. The smallest absolute Gasteiger partial charge is 0.143 e. The van der Waals surface area contributed by atoms with E-state index in [2.05, 4.69) is 115 Å². The Balaban J connectivity index is 1.77. The van der Waals surface area contributed by atoms with Crippen LogP contribution in [0.3, 0.4) is 0 Å². The van der Waals surface area contributed by atoms with Crippen molar-refractivity contribution in [2.24, 2.45) is 0 Å². The zero-order chi connectivity index (χ0) is 29.3. The number of fused-ring (bicyclic) bond motifs is 10. The fraction of sp³-hybridized carbons (Fsp3) is 0.200. The second-order valence-electron chi connectivity index (χ2n) is 13.9. The third-order valence-corrected chi connectivity index (χ3v) is 10.4. The largest absolute Gasteiger partial charge is 0.455 e. The molecular weight excluding hydrogens is 529 g/mol. The van der Waals surface area contributed by atoms with Gasteiger partial charge in [0.2, 0.25) is 0 Å². The van der Waals surface area contributed by atoms with Gasteiger partial charge >= 0.3 is 0 Å². The number of thiophene rings is 1. The van der Waals surface area contributed by atoms with Crippen LogP contribution in [0.15, 0.2) is 78.2 Å². The third-order valence-electron chi connectivity index (χ3n) is 9.18. The van der Waals surface area contributed by atoms with Gasteiger partial charge < -0.3 is 4.42 Å². The van der Waals surface area contributed by atoms with Crippen molar-refractivity contribution in [3.63, 3.8) is 0 Å². The normalized spacial score (nSPS) is 13.2. The van der Waals surface area contributed by atoms with Crippen molar-refractivity contribution in [1.29, 1.82) is 0 Å². The molecule has 0 spiro atoms. The van der Waals surface area contributed by atoms with Gasteiger partial charge in [0.05, 0.1) is 0 Å². The van der Waals surface area contributed by atoms with E-state index in [0.717, 1.165) is 27.7 Å². The molecule has 0 amide bonds. The van der Waals surface area contributed by atoms with Crippen LogP contribution in [0.25, 0.3) is 86.6 Å². The Morgan fingerprint density at radius 1 is 0.571 bits per heavy atom. The molecule has 1 nitrogen and oxygen atoms in total. The minimum absolute atomic E-state index is 0.0166. The highest BCUT2D eigenvalue weighted by atomic mass is 32.1. The third kappa shape index (κ3) is 3.36. The van der Waals surface area contributed by atoms with Crippen molar-refractivity contribution in [1.82, 2.24) is 0 Å². The van der Waals surface area contributed by atoms with Gasteiger partial charge in [-0.25, -0.2) is 0 Å². The lowest BCUT2D eigenvalue weighted by Crippen LogP contribution is -2.12. The van der Waals surface area contributed by atoms with Crippen LogP contribution in [0.1, 0.15) is 63.8 Å². The molecule has 0 aliphatic rings. The number of rotatable bonds is 2. The monoisotopic (exact) mass is 562 g/mol. The van der Waals surface area contributed by atoms with Crippen LogP contribution in [0.4, 0.5) is 0 Å². The van der Waals surface area contributed by atoms with Crippen LogP contribution in [0.2, 0.25) is 0 Å². The zero-order valence-corrected chi connectivity index (χ0v) is 26.0. The van der Waals surface area contributed by atoms with E-state index in [4.69, 9.17) is 4.42 Å². The molecule has 42 heavy (non-hydrogen) atoms. The van der Waals surface area contributed by atoms with Gasteiger partial charge in [0.1, 0.15) is 11.2 Å². The fourth-order valence-electron chi connectivity index (χ4n) is 6.84. The van der Waals surface area contributed by atoms with E-state index in [0.29, 0.717) is 0 Å². The highest BCUT2D eigenvalue weighted by Gasteiger charge is 2.27. The quantitative estimate of drug-likeness (QED) is 0.191. The first-order valence-corrected chi connectivity index (χ1v) is 15.6. The summed E-state index contributed by atoms with van der Waals surface area (Å²) >= 11 is 1.91. The van der Waals surface area contributed by atoms with Crippen molar-refractivity contribution in [3.8, 4) is 0 Å². The average molecular weight is 563 g/mol. The maximum atomic E-state index is 6.82. The Morgan fingerprint density at radius 3 is 1.76 bits per heavy atom. The molecule has 0 aliphatic heterocycles. The molecule has 8 rings (SSSR count). The van der Waals surface area contributed by atoms with E-state index in [9.17, 15) is 0 Å². The standard InChI is InChI=1S/C40H34OS/c1-9-21-11-13-31-25(15-21)35-27-17-23(39(3,4)5)18-28-33(27)34-29(37(35)41-31)19-24(40(6,7)8)20-30(34)38-36(28)26-16-22(10-2)12-14-32(26)42-38/h9-20H,1-2H2,3-8H3. The van der Waals surface area contributed by atoms with Crippen molar-refractivity contribution in [2.45, 2.75) is 52.4 Å². The van der Waals surface area contributed by atoms with Gasteiger partial charge in [-0.2, -0.15) is 0 Å². The Bertz CT molecular complexity index is 2290. The summed E-state index contributed by atoms with van der Waals surface area (Å²) in [6, 6.07) is 23.0. The molecule has 6 aromatic carbocycles. The molecule has 0 radical (unpaired) electrons. The van der Waals surface area contributed by atoms with Gasteiger partial charge in [-0.05, 0) is 97.8 Å². The number of furan rings is 1. The SMILES string of the molecule is C=Cc1ccc2oc3c4cc(C(C)(C)C)cc5c6sc7ccc(C=C)cc7c6c6cc(C(C)(C)C)cc(c3c2c1)c6c45. The number of hydrogen-bond donors (Lipinski definition) is 0. The molecule has 0 aliphatic carbocycles. The fourth-order valence-corrected chi connectivity index (χ4v) is 8.06. The Kier molecular flexibility index (Phi) is 5.01. The molecule has 0 saturated carbocycles. The minimum atomic E-state index is -0.0214. The summed E-state index contributed by atoms with van der Waals surface area (Å²) in [6.07, 6.45) is 3.88. The average Bonchev–Trinajstić information content (AvgIpc) is 3.53. The molecule has 0 N–H and O–H groups in total. The lowest BCUT2D eigenvalue weighted by Gasteiger charge is -2.24. The van der Waals surface area contributed by atoms with E-state index < -0.39 is 0 Å². The summed E-state index contributed by atoms with van der Waals surface area (Å²) in [5, 5.41) is 12.8. The van der Waals surface area contributed by atoms with Crippen LogP contribution in [0.5, 0.6) is 0 Å². The minimum Gasteiger partial charge on any atom is -0.455 e. The molecule has 0 atom stereocenters. The van der Waals surface area contributed by atoms with E-state index >= 15 is 0 Å². The van der Waals surface area contributed by atoms with Crippen molar-refractivity contribution < 1.29 is 4.42 Å². The van der Waals surface area contributed by atoms with Crippen molar-refractivity contribution in [3.05, 3.63) is 96.1 Å². The van der Waals surface area contributed by atoms with Gasteiger partial charge in [-0.15, -0.1) is 11.3 Å². The Morgan fingerprint density at radius 2 is 1.12 bits per heavy atom. The van der Waals surface area contributed by atoms with E-state index in [1.54, 1.807) is 0 Å². The van der Waals surface area contributed by atoms with Gasteiger partial charge in [0, 0.05) is 47.1 Å². The highest BCUT2D eigenvalue weighted by Crippen LogP contribution is 2.52. The molecule has 206 valence electrons. The molecular formula is C40H34OS. The molecule has 8 aromatic rings. The van der Waals surface area contributed by atoms with Gasteiger partial charge in [-0.3, -0.25) is 0 Å². The number of hydrogen-bond acceptors (Lipinski definition) is 2. The molecule has 2 heteroatoms. The summed E-state index contributed by atoms with van der Waals surface area (Å²) in [5.41, 5.74) is 6.77. The Hall–Kier alpha value is -4.14. The van der Waals surface area contributed by atoms with Gasteiger partial charge in [0.25, 0.3) is 0 Å². The summed E-state index contributed by atoms with van der Waals surface area (Å²) < 4.78 is 9.49. The lowest BCUT2D eigenvalue weighted by atomic mass is 9.79. The maximum Gasteiger partial charge on any atom is 0.143 e. The molecule has 0 saturated heterocycles. The van der Waals surface area contributed by atoms with Crippen LogP contribution < -0.4 is 0 Å². The van der Waals surface area contributed by atoms with Crippen molar-refractivity contribution >= 4 is 97.9 Å². The van der Waals surface area contributed by atoms with Gasteiger partial charge in [0.15, 0.2) is 0 Å². The van der Waals surface area contributed by atoms with Crippen LogP contribution in [0, 0.1) is 0 Å².